The van der Waals surface area contributed by atoms with Gasteiger partial charge in [-0.3, -0.25) is 9.59 Å². The first-order valence-corrected chi connectivity index (χ1v) is 7.54. The van der Waals surface area contributed by atoms with E-state index in [2.05, 4.69) is 0 Å². The molecule has 2 aromatic rings. The van der Waals surface area contributed by atoms with Gasteiger partial charge in [-0.25, -0.2) is 0 Å². The molecule has 0 aliphatic carbocycles. The molecule has 2 aromatic carbocycles. The lowest BCUT2D eigenvalue weighted by Gasteiger charge is -2.15. The molecule has 0 aromatic heterocycles. The van der Waals surface area contributed by atoms with E-state index in [1.807, 2.05) is 30.3 Å². The lowest BCUT2D eigenvalue weighted by Crippen LogP contribution is -2.28. The maximum atomic E-state index is 12.8. The van der Waals surface area contributed by atoms with Gasteiger partial charge < -0.3 is 9.47 Å². The lowest BCUT2D eigenvalue weighted by atomic mass is 9.91. The molecule has 0 fully saturated rings. The van der Waals surface area contributed by atoms with Crippen LogP contribution in [0, 0.1) is 5.92 Å². The van der Waals surface area contributed by atoms with Crippen LogP contribution in [0.3, 0.4) is 0 Å². The Morgan fingerprint density at radius 1 is 1.04 bits per heavy atom. The fourth-order valence-corrected chi connectivity index (χ4v) is 2.35. The molecule has 0 saturated heterocycles. The molecule has 0 saturated carbocycles. The number of carbonyl (C=O) groups excluding carboxylic acids is 2. The van der Waals surface area contributed by atoms with Crippen molar-refractivity contribution in [3.8, 4) is 5.75 Å². The molecule has 0 amide bonds. The Labute approximate surface area is 136 Å². The minimum Gasteiger partial charge on any atom is -0.497 e. The molecule has 0 heterocycles. The van der Waals surface area contributed by atoms with E-state index >= 15 is 0 Å². The Bertz CT molecular complexity index is 664. The van der Waals surface area contributed by atoms with Crippen LogP contribution in [-0.2, 0) is 16.0 Å². The highest BCUT2D eigenvalue weighted by Gasteiger charge is 2.29. The molecule has 2 rings (SSSR count). The fourth-order valence-electron chi connectivity index (χ4n) is 2.35. The lowest BCUT2D eigenvalue weighted by molar-refractivity contribution is -0.146. The van der Waals surface area contributed by atoms with Crippen LogP contribution in [0.25, 0.3) is 0 Å². The van der Waals surface area contributed by atoms with Gasteiger partial charge >= 0.3 is 5.97 Å². The highest BCUT2D eigenvalue weighted by molar-refractivity contribution is 6.09. The van der Waals surface area contributed by atoms with Crippen LogP contribution in [0.5, 0.6) is 5.75 Å². The van der Waals surface area contributed by atoms with E-state index in [-0.39, 0.29) is 12.4 Å². The van der Waals surface area contributed by atoms with Gasteiger partial charge in [-0.2, -0.15) is 0 Å². The van der Waals surface area contributed by atoms with E-state index in [0.29, 0.717) is 17.7 Å². The molecule has 0 bridgehead atoms. The van der Waals surface area contributed by atoms with Crippen molar-refractivity contribution >= 4 is 11.8 Å². The Morgan fingerprint density at radius 3 is 2.43 bits per heavy atom. The number of carbonyl (C=O) groups is 2. The maximum Gasteiger partial charge on any atom is 0.317 e. The zero-order chi connectivity index (χ0) is 16.7. The van der Waals surface area contributed by atoms with Crippen LogP contribution in [-0.4, -0.2) is 25.5 Å². The highest BCUT2D eigenvalue weighted by atomic mass is 16.5. The number of methoxy groups -OCH3 is 1. The first kappa shape index (κ1) is 16.7. The van der Waals surface area contributed by atoms with Crippen LogP contribution in [0.1, 0.15) is 22.8 Å². The van der Waals surface area contributed by atoms with Crippen molar-refractivity contribution in [1.29, 1.82) is 0 Å². The molecule has 0 aliphatic heterocycles. The second-order valence-corrected chi connectivity index (χ2v) is 5.09. The smallest absolute Gasteiger partial charge is 0.317 e. The highest BCUT2D eigenvalue weighted by Crippen LogP contribution is 2.20. The van der Waals surface area contributed by atoms with E-state index in [4.69, 9.17) is 9.47 Å². The Morgan fingerprint density at radius 2 is 1.78 bits per heavy atom. The van der Waals surface area contributed by atoms with E-state index in [1.54, 1.807) is 31.2 Å². The number of hydrogen-bond acceptors (Lipinski definition) is 4. The summed E-state index contributed by atoms with van der Waals surface area (Å²) in [4.78, 5) is 25.0. The van der Waals surface area contributed by atoms with Gasteiger partial charge in [0.1, 0.15) is 11.7 Å². The van der Waals surface area contributed by atoms with E-state index < -0.39 is 11.9 Å². The molecule has 23 heavy (non-hydrogen) atoms. The van der Waals surface area contributed by atoms with Crippen molar-refractivity contribution in [2.24, 2.45) is 5.92 Å². The largest absolute Gasteiger partial charge is 0.497 e. The third-order valence-corrected chi connectivity index (χ3v) is 3.52. The van der Waals surface area contributed by atoms with Gasteiger partial charge in [-0.05, 0) is 31.0 Å². The number of rotatable bonds is 7. The van der Waals surface area contributed by atoms with E-state index in [0.717, 1.165) is 5.56 Å². The summed E-state index contributed by atoms with van der Waals surface area (Å²) in [6, 6.07) is 16.3. The molecule has 4 heteroatoms. The van der Waals surface area contributed by atoms with Gasteiger partial charge in [0.15, 0.2) is 5.78 Å². The minimum absolute atomic E-state index is 0.246. The van der Waals surface area contributed by atoms with E-state index in [1.165, 1.54) is 7.11 Å². The van der Waals surface area contributed by atoms with Crippen molar-refractivity contribution in [2.75, 3.05) is 13.7 Å². The summed E-state index contributed by atoms with van der Waals surface area (Å²) in [5.74, 6) is -1.03. The summed E-state index contributed by atoms with van der Waals surface area (Å²) in [6.45, 7) is 1.98. The molecule has 4 nitrogen and oxygen atoms in total. The Balaban J connectivity index is 2.28. The number of benzene rings is 2. The molecular formula is C19H20O4. The topological polar surface area (TPSA) is 52.6 Å². The fraction of sp³-hybridized carbons (Fsp3) is 0.263. The zero-order valence-corrected chi connectivity index (χ0v) is 13.3. The number of ether oxygens (including phenoxy) is 2. The van der Waals surface area contributed by atoms with Crippen molar-refractivity contribution in [3.05, 3.63) is 65.7 Å². The molecule has 120 valence electrons. The number of hydrogen-bond donors (Lipinski definition) is 0. The van der Waals surface area contributed by atoms with Crippen LogP contribution >= 0.6 is 0 Å². The quantitative estimate of drug-likeness (QED) is 0.447. The summed E-state index contributed by atoms with van der Waals surface area (Å²) < 4.78 is 10.2. The summed E-state index contributed by atoms with van der Waals surface area (Å²) in [7, 11) is 1.54. The summed E-state index contributed by atoms with van der Waals surface area (Å²) >= 11 is 0. The molecule has 1 atom stereocenters. The Hall–Kier alpha value is -2.62. The van der Waals surface area contributed by atoms with Gasteiger partial charge in [-0.15, -0.1) is 0 Å². The number of esters is 1. The standard InChI is InChI=1S/C19H20O4/c1-3-23-19(21)17(12-14-8-5-4-6-9-14)18(20)15-10-7-11-16(13-15)22-2/h4-11,13,17H,3,12H2,1-2H3/t17-/m1/s1. The number of Topliss-reactive ketones (excluding diaryl/α,β-unsaturated/α-hetero) is 1. The summed E-state index contributed by atoms with van der Waals surface area (Å²) in [5.41, 5.74) is 1.36. The predicted molar refractivity (Wildman–Crippen MR) is 87.6 cm³/mol. The van der Waals surface area contributed by atoms with Gasteiger partial charge in [0.25, 0.3) is 0 Å². The second kappa shape index (κ2) is 8.13. The molecular weight excluding hydrogens is 292 g/mol. The molecule has 0 N–H and O–H groups in total. The van der Waals surface area contributed by atoms with Gasteiger partial charge in [0.05, 0.1) is 13.7 Å². The molecule has 0 unspecified atom stereocenters. The predicted octanol–water partition coefficient (Wildman–Crippen LogP) is 3.30. The first-order valence-electron chi connectivity index (χ1n) is 7.54. The van der Waals surface area contributed by atoms with Crippen molar-refractivity contribution in [1.82, 2.24) is 0 Å². The zero-order valence-electron chi connectivity index (χ0n) is 13.3. The minimum atomic E-state index is -0.857. The summed E-state index contributed by atoms with van der Waals surface area (Å²) in [6.07, 6.45) is 0.315. The number of ketones is 1. The van der Waals surface area contributed by atoms with Gasteiger partial charge in [-0.1, -0.05) is 42.5 Å². The Kier molecular flexibility index (Phi) is 5.92. The van der Waals surface area contributed by atoms with E-state index in [9.17, 15) is 9.59 Å². The molecule has 0 aliphatic rings. The average Bonchev–Trinajstić information content (AvgIpc) is 2.60. The monoisotopic (exact) mass is 312 g/mol. The molecule has 0 spiro atoms. The van der Waals surface area contributed by atoms with Crippen LogP contribution in [0.2, 0.25) is 0 Å². The van der Waals surface area contributed by atoms with Crippen molar-refractivity contribution in [2.45, 2.75) is 13.3 Å². The SMILES string of the molecule is CCOC(=O)[C@H](Cc1ccccc1)C(=O)c1cccc(OC)c1. The average molecular weight is 312 g/mol. The third-order valence-electron chi connectivity index (χ3n) is 3.52. The second-order valence-electron chi connectivity index (χ2n) is 5.09. The van der Waals surface area contributed by atoms with Crippen molar-refractivity contribution < 1.29 is 19.1 Å². The summed E-state index contributed by atoms with van der Waals surface area (Å²) in [5, 5.41) is 0. The molecule has 0 radical (unpaired) electrons. The van der Waals surface area contributed by atoms with Crippen LogP contribution < -0.4 is 4.74 Å². The first-order chi connectivity index (χ1) is 11.2. The normalized spacial score (nSPS) is 11.6. The maximum absolute atomic E-state index is 12.8. The third kappa shape index (κ3) is 4.42. The van der Waals surface area contributed by atoms with Crippen LogP contribution in [0.4, 0.5) is 0 Å². The van der Waals surface area contributed by atoms with Crippen molar-refractivity contribution in [3.63, 3.8) is 0 Å². The van der Waals surface area contributed by atoms with Gasteiger partial charge in [0, 0.05) is 5.56 Å². The van der Waals surface area contributed by atoms with Gasteiger partial charge in [0.2, 0.25) is 0 Å². The van der Waals surface area contributed by atoms with Crippen LogP contribution in [0.15, 0.2) is 54.6 Å².